The molecule has 5 atom stereocenters. The van der Waals surface area contributed by atoms with E-state index in [1.165, 1.54) is 31.2 Å². The van der Waals surface area contributed by atoms with E-state index in [2.05, 4.69) is 24.0 Å². The Hall–Kier alpha value is -1.08. The van der Waals surface area contributed by atoms with Crippen LogP contribution in [0.2, 0.25) is 0 Å². The van der Waals surface area contributed by atoms with Crippen LogP contribution in [0.15, 0.2) is 29.2 Å². The average molecular weight is 422 g/mol. The lowest BCUT2D eigenvalue weighted by atomic mass is 9.61. The molecule has 5 unspecified atom stereocenters. The fourth-order valence-corrected chi connectivity index (χ4v) is 5.73. The number of hydrogen-bond donors (Lipinski definition) is 4. The standard InChI is InChI=1S/C13H25NO.C10H14N2OS/c1-4-10-5-9-6-11(12(10)14-3)8-13(2,15)7-9;1-10(2,7-13)12-14-9-5-3-4-8(11)6-9/h9-12,14-15H,4-8H2,1-3H3;3-7,12H,11H2,1-2H3. The van der Waals surface area contributed by atoms with Crippen LogP contribution >= 0.6 is 11.9 Å². The van der Waals surface area contributed by atoms with Gasteiger partial charge in [0.15, 0.2) is 0 Å². The quantitative estimate of drug-likeness (QED) is 0.315. The average Bonchev–Trinajstić information content (AvgIpc) is 2.65. The zero-order chi connectivity index (χ0) is 21.7. The van der Waals surface area contributed by atoms with Gasteiger partial charge in [0.1, 0.15) is 6.29 Å². The zero-order valence-corrected chi connectivity index (χ0v) is 19.4. The molecule has 0 amide bonds. The van der Waals surface area contributed by atoms with Crippen LogP contribution in [0.4, 0.5) is 5.69 Å². The van der Waals surface area contributed by atoms with E-state index in [1.54, 1.807) is 0 Å². The number of aldehydes is 1. The highest BCUT2D eigenvalue weighted by Gasteiger charge is 2.44. The summed E-state index contributed by atoms with van der Waals surface area (Å²) in [6.45, 7) is 7.96. The van der Waals surface area contributed by atoms with E-state index >= 15 is 0 Å². The van der Waals surface area contributed by atoms with Crippen LogP contribution in [0, 0.1) is 17.8 Å². The first kappa shape index (κ1) is 24.2. The lowest BCUT2D eigenvalue weighted by Crippen LogP contribution is -2.52. The first-order valence-electron chi connectivity index (χ1n) is 10.7. The summed E-state index contributed by atoms with van der Waals surface area (Å²) in [5, 5.41) is 13.7. The smallest absolute Gasteiger partial charge is 0.140 e. The normalized spacial score (nSPS) is 31.5. The Morgan fingerprint density at radius 2 is 2.07 bits per heavy atom. The summed E-state index contributed by atoms with van der Waals surface area (Å²) in [6.07, 6.45) is 6.82. The molecule has 0 heterocycles. The number of benzene rings is 1. The second-order valence-corrected chi connectivity index (χ2v) is 10.5. The number of rotatable bonds is 6. The van der Waals surface area contributed by atoms with Crippen LogP contribution in [0.1, 0.15) is 59.8 Å². The molecule has 0 spiro atoms. The largest absolute Gasteiger partial charge is 0.399 e. The molecule has 5 nitrogen and oxygen atoms in total. The van der Waals surface area contributed by atoms with Crippen LogP contribution in [0.3, 0.4) is 0 Å². The van der Waals surface area contributed by atoms with Crippen molar-refractivity contribution >= 4 is 23.9 Å². The van der Waals surface area contributed by atoms with Crippen molar-refractivity contribution < 1.29 is 9.90 Å². The molecular formula is C23H39N3O2S. The number of hydrogen-bond acceptors (Lipinski definition) is 6. The van der Waals surface area contributed by atoms with Gasteiger partial charge in [-0.15, -0.1) is 0 Å². The minimum absolute atomic E-state index is 0.401. The number of anilines is 1. The Morgan fingerprint density at radius 1 is 1.34 bits per heavy atom. The van der Waals surface area contributed by atoms with E-state index in [0.29, 0.717) is 12.0 Å². The SMILES string of the molecule is CC(C)(C=O)NSc1cccc(N)c1.CCC1CC2CC(CC(C)(O)C2)C1NC. The fourth-order valence-electron chi connectivity index (χ4n) is 4.96. The highest BCUT2D eigenvalue weighted by atomic mass is 32.2. The van der Waals surface area contributed by atoms with Crippen molar-refractivity contribution in [3.05, 3.63) is 24.3 Å². The van der Waals surface area contributed by atoms with Crippen LogP contribution < -0.4 is 15.8 Å². The molecule has 29 heavy (non-hydrogen) atoms. The minimum atomic E-state index is -0.519. The number of carbonyl (C=O) groups is 1. The maximum atomic E-state index is 10.6. The third-order valence-electron chi connectivity index (χ3n) is 6.16. The molecule has 5 N–H and O–H groups in total. The van der Waals surface area contributed by atoms with Crippen LogP contribution in [0.25, 0.3) is 0 Å². The van der Waals surface area contributed by atoms with Crippen LogP contribution in [-0.2, 0) is 4.79 Å². The highest BCUT2D eigenvalue weighted by molar-refractivity contribution is 7.97. The van der Waals surface area contributed by atoms with Gasteiger partial charge in [0.05, 0.1) is 11.1 Å². The predicted octanol–water partition coefficient (Wildman–Crippen LogP) is 4.01. The molecule has 1 aromatic carbocycles. The number of nitrogens with two attached hydrogens (primary N) is 1. The van der Waals surface area contributed by atoms with E-state index < -0.39 is 11.1 Å². The van der Waals surface area contributed by atoms with Crippen molar-refractivity contribution in [1.82, 2.24) is 10.0 Å². The van der Waals surface area contributed by atoms with Gasteiger partial charge in [0.2, 0.25) is 0 Å². The molecular weight excluding hydrogens is 382 g/mol. The van der Waals surface area contributed by atoms with Crippen molar-refractivity contribution in [2.75, 3.05) is 12.8 Å². The van der Waals surface area contributed by atoms with Gasteiger partial charge < -0.3 is 21.0 Å². The zero-order valence-electron chi connectivity index (χ0n) is 18.6. The Kier molecular flexibility index (Phi) is 8.59. The van der Waals surface area contributed by atoms with Crippen molar-refractivity contribution in [2.24, 2.45) is 17.8 Å². The van der Waals surface area contributed by atoms with Crippen LogP contribution in [-0.4, -0.2) is 35.6 Å². The third-order valence-corrected chi connectivity index (χ3v) is 7.28. The molecule has 6 heteroatoms. The second kappa shape index (κ2) is 10.3. The van der Waals surface area contributed by atoms with E-state index in [1.807, 2.05) is 45.0 Å². The number of nitrogens with one attached hydrogen (secondary N) is 2. The summed E-state index contributed by atoms with van der Waals surface area (Å²) >= 11 is 1.40. The summed E-state index contributed by atoms with van der Waals surface area (Å²) in [4.78, 5) is 11.6. The number of nitrogen functional groups attached to an aromatic ring is 1. The lowest BCUT2D eigenvalue weighted by molar-refractivity contribution is -0.111. The molecule has 3 rings (SSSR count). The minimum Gasteiger partial charge on any atom is -0.399 e. The first-order valence-corrected chi connectivity index (χ1v) is 11.6. The summed E-state index contributed by atoms with van der Waals surface area (Å²) in [7, 11) is 2.08. The van der Waals surface area contributed by atoms with Gasteiger partial charge in [-0.2, -0.15) is 0 Å². The Bertz CT molecular complexity index is 665. The summed E-state index contributed by atoms with van der Waals surface area (Å²) in [5.41, 5.74) is 5.42. The molecule has 2 bridgehead atoms. The van der Waals surface area contributed by atoms with Gasteiger partial charge in [-0.1, -0.05) is 19.4 Å². The Morgan fingerprint density at radius 3 is 2.66 bits per heavy atom. The van der Waals surface area contributed by atoms with E-state index in [-0.39, 0.29) is 0 Å². The molecule has 2 aliphatic carbocycles. The molecule has 0 aliphatic heterocycles. The van der Waals surface area contributed by atoms with Crippen molar-refractivity contribution in [1.29, 1.82) is 0 Å². The van der Waals surface area contributed by atoms with Gasteiger partial charge in [-0.3, -0.25) is 0 Å². The van der Waals surface area contributed by atoms with E-state index in [0.717, 1.165) is 41.5 Å². The molecule has 0 radical (unpaired) electrons. The molecule has 2 fully saturated rings. The van der Waals surface area contributed by atoms with Crippen LogP contribution in [0.5, 0.6) is 0 Å². The van der Waals surface area contributed by atoms with Gasteiger partial charge in [-0.25, -0.2) is 4.72 Å². The van der Waals surface area contributed by atoms with E-state index in [4.69, 9.17) is 5.73 Å². The topological polar surface area (TPSA) is 87.4 Å². The monoisotopic (exact) mass is 421 g/mol. The first-order chi connectivity index (χ1) is 13.6. The fraction of sp³-hybridized carbons (Fsp3) is 0.696. The lowest BCUT2D eigenvalue weighted by Gasteiger charge is -2.49. The molecule has 164 valence electrons. The summed E-state index contributed by atoms with van der Waals surface area (Å²) in [5.74, 6) is 2.30. The van der Waals surface area contributed by atoms with Crippen molar-refractivity contribution in [2.45, 2.75) is 81.9 Å². The Labute approximate surface area is 180 Å². The molecule has 0 aromatic heterocycles. The summed E-state index contributed by atoms with van der Waals surface area (Å²) < 4.78 is 3.05. The third kappa shape index (κ3) is 7.28. The molecule has 2 aliphatic rings. The maximum absolute atomic E-state index is 10.6. The number of fused-ring (bicyclic) bond motifs is 2. The maximum Gasteiger partial charge on any atom is 0.140 e. The van der Waals surface area contributed by atoms with Gasteiger partial charge >= 0.3 is 0 Å². The van der Waals surface area contributed by atoms with Gasteiger partial charge in [-0.05, 0) is 101 Å². The van der Waals surface area contributed by atoms with Gasteiger partial charge in [0, 0.05) is 16.6 Å². The molecule has 1 aromatic rings. The molecule has 2 saturated carbocycles. The summed E-state index contributed by atoms with van der Waals surface area (Å²) in [6, 6.07) is 8.15. The second-order valence-electron chi connectivity index (χ2n) is 9.60. The molecule has 0 saturated heterocycles. The van der Waals surface area contributed by atoms with E-state index in [9.17, 15) is 9.90 Å². The number of aliphatic hydroxyl groups is 1. The van der Waals surface area contributed by atoms with Crippen molar-refractivity contribution in [3.8, 4) is 0 Å². The van der Waals surface area contributed by atoms with Gasteiger partial charge in [0.25, 0.3) is 0 Å². The predicted molar refractivity (Wildman–Crippen MR) is 123 cm³/mol. The highest BCUT2D eigenvalue weighted by Crippen LogP contribution is 2.47. The number of carbonyl (C=O) groups excluding carboxylic acids is 1. The van der Waals surface area contributed by atoms with Crippen molar-refractivity contribution in [3.63, 3.8) is 0 Å². The Balaban J connectivity index is 0.000000208.